The minimum absolute atomic E-state index is 0.0102. The van der Waals surface area contributed by atoms with Crippen LogP contribution in [0.4, 0.5) is 0 Å². The molecule has 2 rings (SSSR count). The Kier molecular flexibility index (Phi) is 4.25. The average molecular weight is 267 g/mol. The molecule has 98 valence electrons. The Balaban J connectivity index is 1.98. The molecule has 4 heteroatoms. The minimum atomic E-state index is -0.0102. The third-order valence-corrected chi connectivity index (χ3v) is 3.80. The number of nitrogens with one attached hydrogen (secondary N) is 2. The van der Waals surface area contributed by atoms with Crippen molar-refractivity contribution in [3.8, 4) is 0 Å². The van der Waals surface area contributed by atoms with E-state index in [-0.39, 0.29) is 17.9 Å². The van der Waals surface area contributed by atoms with Crippen molar-refractivity contribution in [1.29, 1.82) is 0 Å². The van der Waals surface area contributed by atoms with Gasteiger partial charge in [-0.2, -0.15) is 0 Å². The summed E-state index contributed by atoms with van der Waals surface area (Å²) in [5, 5.41) is 7.00. The van der Waals surface area contributed by atoms with Crippen molar-refractivity contribution < 1.29 is 4.79 Å². The summed E-state index contributed by atoms with van der Waals surface area (Å²) in [6, 6.07) is 7.60. The average Bonchev–Trinajstić information content (AvgIpc) is 2.75. The molecule has 1 amide bonds. The van der Waals surface area contributed by atoms with Crippen LogP contribution in [0, 0.1) is 11.8 Å². The molecule has 1 aliphatic rings. The lowest BCUT2D eigenvalue weighted by molar-refractivity contribution is -0.126. The largest absolute Gasteiger partial charge is 0.349 e. The standard InChI is InChI=1S/C14H19ClN2O/c1-9-7-16-8-13(9)14(18)17-10(2)11-4-3-5-12(15)6-11/h3-6,9-10,13,16H,7-8H2,1-2H3,(H,17,18)/t9?,10-,13?/m0/s1. The van der Waals surface area contributed by atoms with Crippen molar-refractivity contribution in [2.24, 2.45) is 11.8 Å². The van der Waals surface area contributed by atoms with Crippen molar-refractivity contribution >= 4 is 17.5 Å². The van der Waals surface area contributed by atoms with Gasteiger partial charge in [-0.15, -0.1) is 0 Å². The molecule has 1 aromatic carbocycles. The summed E-state index contributed by atoms with van der Waals surface area (Å²) < 4.78 is 0. The van der Waals surface area contributed by atoms with Crippen molar-refractivity contribution in [2.75, 3.05) is 13.1 Å². The SMILES string of the molecule is CC1CNCC1C(=O)N[C@@H](C)c1cccc(Cl)c1. The summed E-state index contributed by atoms with van der Waals surface area (Å²) in [4.78, 5) is 12.1. The summed E-state index contributed by atoms with van der Waals surface area (Å²) in [5.74, 6) is 0.600. The van der Waals surface area contributed by atoms with E-state index in [1.807, 2.05) is 31.2 Å². The number of carbonyl (C=O) groups is 1. The molecule has 0 aliphatic carbocycles. The van der Waals surface area contributed by atoms with Crippen molar-refractivity contribution in [2.45, 2.75) is 19.9 Å². The van der Waals surface area contributed by atoms with Crippen molar-refractivity contribution in [1.82, 2.24) is 10.6 Å². The maximum atomic E-state index is 12.1. The lowest BCUT2D eigenvalue weighted by Gasteiger charge is -2.19. The van der Waals surface area contributed by atoms with Gasteiger partial charge in [-0.25, -0.2) is 0 Å². The Morgan fingerprint density at radius 3 is 2.89 bits per heavy atom. The van der Waals surface area contributed by atoms with Crippen LogP contribution in [0.5, 0.6) is 0 Å². The van der Waals surface area contributed by atoms with Crippen LogP contribution in [0.1, 0.15) is 25.5 Å². The molecule has 1 saturated heterocycles. The fourth-order valence-electron chi connectivity index (χ4n) is 2.34. The van der Waals surface area contributed by atoms with Gasteiger partial charge in [-0.3, -0.25) is 4.79 Å². The molecule has 0 saturated carbocycles. The Bertz CT molecular complexity index is 436. The van der Waals surface area contributed by atoms with Gasteiger partial charge in [0.15, 0.2) is 0 Å². The number of halogens is 1. The molecule has 2 unspecified atom stereocenters. The van der Waals surface area contributed by atoms with E-state index in [0.717, 1.165) is 18.7 Å². The molecule has 3 nitrogen and oxygen atoms in total. The zero-order valence-electron chi connectivity index (χ0n) is 10.7. The van der Waals surface area contributed by atoms with Crippen LogP contribution in [-0.2, 0) is 4.79 Å². The van der Waals surface area contributed by atoms with Gasteiger partial charge in [0.25, 0.3) is 0 Å². The van der Waals surface area contributed by atoms with Gasteiger partial charge >= 0.3 is 0 Å². The van der Waals surface area contributed by atoms with Crippen LogP contribution in [-0.4, -0.2) is 19.0 Å². The molecule has 3 atom stereocenters. The van der Waals surface area contributed by atoms with E-state index in [0.29, 0.717) is 10.9 Å². The van der Waals surface area contributed by atoms with Gasteiger partial charge in [-0.05, 0) is 37.1 Å². The predicted octanol–water partition coefficient (Wildman–Crippen LogP) is 2.37. The molecular weight excluding hydrogens is 248 g/mol. The Morgan fingerprint density at radius 1 is 1.50 bits per heavy atom. The smallest absolute Gasteiger partial charge is 0.225 e. The highest BCUT2D eigenvalue weighted by atomic mass is 35.5. The zero-order valence-corrected chi connectivity index (χ0v) is 11.5. The number of rotatable bonds is 3. The van der Waals surface area contributed by atoms with Gasteiger partial charge in [0.1, 0.15) is 0 Å². The number of hydrogen-bond acceptors (Lipinski definition) is 2. The second kappa shape index (κ2) is 5.72. The quantitative estimate of drug-likeness (QED) is 0.882. The van der Waals surface area contributed by atoms with E-state index in [1.165, 1.54) is 0 Å². The molecule has 0 bridgehead atoms. The highest BCUT2D eigenvalue weighted by Gasteiger charge is 2.30. The van der Waals surface area contributed by atoms with E-state index in [9.17, 15) is 4.79 Å². The highest BCUT2D eigenvalue weighted by molar-refractivity contribution is 6.30. The van der Waals surface area contributed by atoms with Crippen LogP contribution in [0.15, 0.2) is 24.3 Å². The molecule has 2 N–H and O–H groups in total. The first-order chi connectivity index (χ1) is 8.58. The van der Waals surface area contributed by atoms with Crippen molar-refractivity contribution in [3.63, 3.8) is 0 Å². The predicted molar refractivity (Wildman–Crippen MR) is 73.5 cm³/mol. The number of benzene rings is 1. The molecule has 0 aromatic heterocycles. The summed E-state index contributed by atoms with van der Waals surface area (Å²) in [6.07, 6.45) is 0. The molecule has 1 aromatic rings. The lowest BCUT2D eigenvalue weighted by atomic mass is 9.96. The zero-order chi connectivity index (χ0) is 13.1. The first-order valence-electron chi connectivity index (χ1n) is 6.34. The molecule has 1 heterocycles. The molecule has 1 fully saturated rings. The lowest BCUT2D eigenvalue weighted by Crippen LogP contribution is -2.35. The molecule has 18 heavy (non-hydrogen) atoms. The van der Waals surface area contributed by atoms with E-state index >= 15 is 0 Å². The third kappa shape index (κ3) is 3.03. The van der Waals surface area contributed by atoms with Gasteiger partial charge < -0.3 is 10.6 Å². The maximum Gasteiger partial charge on any atom is 0.225 e. The fraction of sp³-hybridized carbons (Fsp3) is 0.500. The number of hydrogen-bond donors (Lipinski definition) is 2. The van der Waals surface area contributed by atoms with Crippen LogP contribution >= 0.6 is 11.6 Å². The van der Waals surface area contributed by atoms with E-state index in [1.54, 1.807) is 0 Å². The topological polar surface area (TPSA) is 41.1 Å². The first kappa shape index (κ1) is 13.4. The summed E-state index contributed by atoms with van der Waals surface area (Å²) in [5.41, 5.74) is 1.04. The minimum Gasteiger partial charge on any atom is -0.349 e. The third-order valence-electron chi connectivity index (χ3n) is 3.56. The van der Waals surface area contributed by atoms with Crippen LogP contribution in [0.25, 0.3) is 0 Å². The second-order valence-electron chi connectivity index (χ2n) is 5.03. The number of carbonyl (C=O) groups excluding carboxylic acids is 1. The molecular formula is C14H19ClN2O. The molecule has 0 radical (unpaired) electrons. The summed E-state index contributed by atoms with van der Waals surface area (Å²) >= 11 is 5.95. The monoisotopic (exact) mass is 266 g/mol. The fourth-order valence-corrected chi connectivity index (χ4v) is 2.54. The van der Waals surface area contributed by atoms with E-state index < -0.39 is 0 Å². The normalized spacial score (nSPS) is 24.8. The maximum absolute atomic E-state index is 12.1. The second-order valence-corrected chi connectivity index (χ2v) is 5.46. The Labute approximate surface area is 113 Å². The number of amides is 1. The first-order valence-corrected chi connectivity index (χ1v) is 6.72. The Hall–Kier alpha value is -1.06. The van der Waals surface area contributed by atoms with Gasteiger partial charge in [0, 0.05) is 11.6 Å². The highest BCUT2D eigenvalue weighted by Crippen LogP contribution is 2.20. The summed E-state index contributed by atoms with van der Waals surface area (Å²) in [7, 11) is 0. The van der Waals surface area contributed by atoms with Crippen LogP contribution in [0.3, 0.4) is 0 Å². The molecule has 1 aliphatic heterocycles. The van der Waals surface area contributed by atoms with Gasteiger partial charge in [0.05, 0.1) is 12.0 Å². The van der Waals surface area contributed by atoms with Gasteiger partial charge in [-0.1, -0.05) is 30.7 Å². The van der Waals surface area contributed by atoms with E-state index in [2.05, 4.69) is 17.6 Å². The van der Waals surface area contributed by atoms with Crippen LogP contribution < -0.4 is 10.6 Å². The van der Waals surface area contributed by atoms with Crippen molar-refractivity contribution in [3.05, 3.63) is 34.9 Å². The Morgan fingerprint density at radius 2 is 2.28 bits per heavy atom. The summed E-state index contributed by atoms with van der Waals surface area (Å²) in [6.45, 7) is 5.78. The van der Waals surface area contributed by atoms with E-state index in [4.69, 9.17) is 11.6 Å². The van der Waals surface area contributed by atoms with Gasteiger partial charge in [0.2, 0.25) is 5.91 Å². The molecule has 0 spiro atoms. The van der Waals surface area contributed by atoms with Crippen LogP contribution in [0.2, 0.25) is 5.02 Å².